The number of hydrogen-bond acceptors (Lipinski definition) is 9. The topological polar surface area (TPSA) is 88.6 Å². The molecular formula is C92H69N3O6. The first-order valence-corrected chi connectivity index (χ1v) is 33.7. The van der Waals surface area contributed by atoms with E-state index in [2.05, 4.69) is 206 Å². The summed E-state index contributed by atoms with van der Waals surface area (Å²) < 4.78 is 18.3. The Hall–Kier alpha value is -13.1. The zero-order chi connectivity index (χ0) is 69.0. The Morgan fingerprint density at radius 2 is 0.446 bits per heavy atom. The molecule has 0 spiro atoms. The van der Waals surface area contributed by atoms with Gasteiger partial charge in [0.15, 0.2) is 0 Å². The van der Waals surface area contributed by atoms with Gasteiger partial charge in [-0.2, -0.15) is 0 Å². The van der Waals surface area contributed by atoms with Crippen LogP contribution in [0.1, 0.15) is 71.4 Å². The van der Waals surface area contributed by atoms with Crippen LogP contribution in [0, 0.1) is 20.8 Å². The van der Waals surface area contributed by atoms with Crippen molar-refractivity contribution in [2.75, 3.05) is 14.7 Å². The van der Waals surface area contributed by atoms with E-state index < -0.39 is 23.3 Å². The largest absolute Gasteiger partial charge is 0.423 e. The van der Waals surface area contributed by atoms with Gasteiger partial charge in [-0.1, -0.05) is 180 Å². The Morgan fingerprint density at radius 1 is 0.238 bits per heavy atom. The third kappa shape index (κ3) is 13.6. The first-order chi connectivity index (χ1) is 49.3. The lowest BCUT2D eigenvalue weighted by Gasteiger charge is -2.32. The number of nitrogens with zero attached hydrogens (tertiary/aromatic N) is 3. The maximum Gasteiger partial charge on any atom is 0.343 e. The Morgan fingerprint density at radius 3 is 0.683 bits per heavy atom. The first kappa shape index (κ1) is 63.9. The van der Waals surface area contributed by atoms with Gasteiger partial charge in [0.05, 0.1) is 16.7 Å². The minimum Gasteiger partial charge on any atom is -0.423 e. The second-order valence-electron chi connectivity index (χ2n) is 25.6. The highest BCUT2D eigenvalue weighted by molar-refractivity contribution is 5.96. The lowest BCUT2D eigenvalue weighted by molar-refractivity contribution is 0.0725. The molecule has 488 valence electrons. The third-order valence-corrected chi connectivity index (χ3v) is 18.9. The van der Waals surface area contributed by atoms with Gasteiger partial charge in [-0.25, -0.2) is 14.4 Å². The summed E-state index contributed by atoms with van der Waals surface area (Å²) in [5, 5.41) is 6.82. The number of esters is 3. The molecule has 15 aromatic carbocycles. The SMILES string of the molecule is Cc1ccc(N(c2ccc(C(=O)Oc3ccc(C(C)(c4ccc(OC(=O)c5ccc(N(c6ccc(C)cc6)c6ccc7ccccc7c6)cc5)cc4)c4ccc(OC(=O)c5ccc(N(c6ccc(C)cc6)c6ccc7ccccc7c6)cc5)cc4)cc3)cc2)c2ccc3ccccc3c2)cc1. The smallest absolute Gasteiger partial charge is 0.343 e. The van der Waals surface area contributed by atoms with E-state index in [0.717, 1.165) is 117 Å². The number of fused-ring (bicyclic) bond motifs is 3. The van der Waals surface area contributed by atoms with Crippen molar-refractivity contribution in [2.45, 2.75) is 33.1 Å². The molecule has 15 aromatic rings. The van der Waals surface area contributed by atoms with Crippen molar-refractivity contribution < 1.29 is 28.6 Å². The van der Waals surface area contributed by atoms with E-state index in [-0.39, 0.29) is 0 Å². The third-order valence-electron chi connectivity index (χ3n) is 18.9. The predicted molar refractivity (Wildman–Crippen MR) is 410 cm³/mol. The predicted octanol–water partition coefficient (Wildman–Crippen LogP) is 23.5. The first-order valence-electron chi connectivity index (χ1n) is 33.7. The molecule has 0 unspecified atom stereocenters. The molecular weight excluding hydrogens is 1240 g/mol. The number of aryl methyl sites for hydroxylation is 3. The van der Waals surface area contributed by atoms with Crippen molar-refractivity contribution in [3.05, 3.63) is 396 Å². The fourth-order valence-corrected chi connectivity index (χ4v) is 13.2. The van der Waals surface area contributed by atoms with Gasteiger partial charge in [0.2, 0.25) is 0 Å². The van der Waals surface area contributed by atoms with E-state index in [9.17, 15) is 14.4 Å². The molecule has 0 aromatic heterocycles. The molecule has 0 N–H and O–H groups in total. The number of benzene rings is 15. The summed E-state index contributed by atoms with van der Waals surface area (Å²) in [5.41, 5.74) is 15.0. The van der Waals surface area contributed by atoms with E-state index in [1.165, 1.54) is 0 Å². The summed E-state index contributed by atoms with van der Waals surface area (Å²) in [4.78, 5) is 48.6. The van der Waals surface area contributed by atoms with Crippen LogP contribution in [0.15, 0.2) is 346 Å². The van der Waals surface area contributed by atoms with Crippen LogP contribution < -0.4 is 28.9 Å². The highest BCUT2D eigenvalue weighted by atomic mass is 16.5. The minimum atomic E-state index is -0.855. The Bertz CT molecular complexity index is 4960. The molecule has 9 nitrogen and oxygen atoms in total. The highest BCUT2D eigenvalue weighted by Gasteiger charge is 2.32. The van der Waals surface area contributed by atoms with Crippen molar-refractivity contribution in [3.8, 4) is 17.2 Å². The summed E-state index contributed by atoms with van der Waals surface area (Å²) in [5.74, 6) is -0.421. The zero-order valence-corrected chi connectivity index (χ0v) is 56.2. The van der Waals surface area contributed by atoms with Gasteiger partial charge in [0.1, 0.15) is 17.2 Å². The van der Waals surface area contributed by atoms with E-state index in [1.807, 2.05) is 109 Å². The van der Waals surface area contributed by atoms with E-state index >= 15 is 0 Å². The zero-order valence-electron chi connectivity index (χ0n) is 56.2. The van der Waals surface area contributed by atoms with Gasteiger partial charge in [0.25, 0.3) is 0 Å². The van der Waals surface area contributed by atoms with Crippen molar-refractivity contribution in [1.82, 2.24) is 0 Å². The lowest BCUT2D eigenvalue weighted by atomic mass is 9.71. The van der Waals surface area contributed by atoms with E-state index in [0.29, 0.717) is 33.9 Å². The van der Waals surface area contributed by atoms with Crippen molar-refractivity contribution >= 4 is 101 Å². The standard InChI is InChI=1S/C92H69N3O6/c1-62-17-38-77(39-18-62)93(83-50-23-65-11-5-8-14-71(65)59-83)80-44-26-68(27-45-80)89(96)99-86-53-32-74(33-54-86)92(4,75-34-55-87(56-35-75)100-90(97)69-28-46-81(47-29-69)94(78-40-19-63(2)20-41-78)84-51-24-66-12-6-9-15-72(66)60-84)76-36-57-88(58-37-76)101-91(98)70-30-48-82(49-31-70)95(79-42-21-64(3)22-43-79)85-52-25-67-13-7-10-16-73(67)61-85/h5-61H,1-4H3. The molecule has 0 amide bonds. The lowest BCUT2D eigenvalue weighted by Crippen LogP contribution is -2.25. The molecule has 0 atom stereocenters. The quantitative estimate of drug-likeness (QED) is 0.0473. The van der Waals surface area contributed by atoms with Crippen LogP contribution in [0.4, 0.5) is 51.2 Å². The Labute approximate surface area is 587 Å². The summed E-state index contributed by atoms with van der Waals surface area (Å²) in [6, 6.07) is 114. The summed E-state index contributed by atoms with van der Waals surface area (Å²) in [6.07, 6.45) is 0. The fourth-order valence-electron chi connectivity index (χ4n) is 13.2. The van der Waals surface area contributed by atoms with Gasteiger partial charge in [0, 0.05) is 56.6 Å². The Balaban J connectivity index is 0.688. The van der Waals surface area contributed by atoms with Gasteiger partial charge in [-0.05, 0) is 259 Å². The molecule has 0 saturated heterocycles. The van der Waals surface area contributed by atoms with E-state index in [1.54, 1.807) is 72.8 Å². The molecule has 101 heavy (non-hydrogen) atoms. The highest BCUT2D eigenvalue weighted by Crippen LogP contribution is 2.43. The van der Waals surface area contributed by atoms with Crippen LogP contribution in [0.2, 0.25) is 0 Å². The summed E-state index contributed by atoms with van der Waals surface area (Å²) in [6.45, 7) is 8.32. The van der Waals surface area contributed by atoms with Crippen LogP contribution >= 0.6 is 0 Å². The molecule has 0 aliphatic heterocycles. The van der Waals surface area contributed by atoms with Crippen LogP contribution in [0.25, 0.3) is 32.3 Å². The van der Waals surface area contributed by atoms with Crippen molar-refractivity contribution in [3.63, 3.8) is 0 Å². The van der Waals surface area contributed by atoms with E-state index in [4.69, 9.17) is 14.2 Å². The Kier molecular flexibility index (Phi) is 17.6. The van der Waals surface area contributed by atoms with Gasteiger partial charge >= 0.3 is 17.9 Å². The molecule has 0 aliphatic rings. The minimum absolute atomic E-state index is 0.362. The average Bonchev–Trinajstić information content (AvgIpc) is 0.771. The number of ether oxygens (including phenoxy) is 3. The van der Waals surface area contributed by atoms with Crippen molar-refractivity contribution in [2.24, 2.45) is 0 Å². The normalized spacial score (nSPS) is 11.3. The van der Waals surface area contributed by atoms with Crippen LogP contribution in [-0.4, -0.2) is 17.9 Å². The molecule has 15 rings (SSSR count). The summed E-state index contributed by atoms with van der Waals surface area (Å²) >= 11 is 0. The molecule has 0 heterocycles. The van der Waals surface area contributed by atoms with Crippen LogP contribution in [0.5, 0.6) is 17.2 Å². The molecule has 0 aliphatic carbocycles. The number of hydrogen-bond donors (Lipinski definition) is 0. The number of rotatable bonds is 18. The molecule has 0 bridgehead atoms. The van der Waals surface area contributed by atoms with Crippen LogP contribution in [0.3, 0.4) is 0 Å². The molecule has 0 fully saturated rings. The second-order valence-corrected chi connectivity index (χ2v) is 25.6. The maximum absolute atomic E-state index is 14.0. The number of carbonyl (C=O) groups excluding carboxylic acids is 3. The second kappa shape index (κ2) is 27.8. The van der Waals surface area contributed by atoms with Crippen LogP contribution in [-0.2, 0) is 5.41 Å². The van der Waals surface area contributed by atoms with Gasteiger partial charge in [-0.3, -0.25) is 0 Å². The number of carbonyl (C=O) groups is 3. The van der Waals surface area contributed by atoms with Gasteiger partial charge in [-0.15, -0.1) is 0 Å². The maximum atomic E-state index is 14.0. The molecule has 0 radical (unpaired) electrons. The molecule has 0 saturated carbocycles. The average molecular weight is 1310 g/mol. The summed E-state index contributed by atoms with van der Waals surface area (Å²) in [7, 11) is 0. The fraction of sp³-hybridized carbons (Fsp3) is 0.0543. The monoisotopic (exact) mass is 1310 g/mol. The van der Waals surface area contributed by atoms with Gasteiger partial charge < -0.3 is 28.9 Å². The molecule has 9 heteroatoms. The van der Waals surface area contributed by atoms with Crippen molar-refractivity contribution in [1.29, 1.82) is 0 Å². The number of anilines is 9.